The van der Waals surface area contributed by atoms with Crippen LogP contribution in [0, 0.1) is 39.6 Å². The quantitative estimate of drug-likeness (QED) is 0.164. The van der Waals surface area contributed by atoms with Gasteiger partial charge < -0.3 is 19.2 Å². The third-order valence-corrected chi connectivity index (χ3v) is 8.79. The number of aryl methyl sites for hydroxylation is 3. The van der Waals surface area contributed by atoms with E-state index in [2.05, 4.69) is 163 Å². The van der Waals surface area contributed by atoms with Crippen LogP contribution in [0.25, 0.3) is 49.4 Å². The molecular weight excluding hydrogens is 729 g/mol. The molecule has 4 heterocycles. The van der Waals surface area contributed by atoms with Crippen LogP contribution in [0.3, 0.4) is 0 Å². The maximum atomic E-state index is 4.41. The van der Waals surface area contributed by atoms with Gasteiger partial charge in [0.15, 0.2) is 0 Å². The van der Waals surface area contributed by atoms with Crippen LogP contribution in [-0.4, -0.2) is 16.4 Å². The second-order valence-corrected chi connectivity index (χ2v) is 11.7. The summed E-state index contributed by atoms with van der Waals surface area (Å²) in [4.78, 5) is 8.83. The monoisotopic (exact) mass is 760 g/mol. The molecule has 9 rings (SSSR count). The average Bonchev–Trinajstić information content (AvgIpc) is 3.69. The number of fused-ring (bicyclic) bond motifs is 7. The van der Waals surface area contributed by atoms with E-state index in [0.717, 1.165) is 16.9 Å². The van der Waals surface area contributed by atoms with Crippen molar-refractivity contribution in [2.24, 2.45) is 0 Å². The Kier molecular flexibility index (Phi) is 7.32. The van der Waals surface area contributed by atoms with E-state index < -0.39 is 0 Å². The fourth-order valence-electron chi connectivity index (χ4n) is 6.36. The third-order valence-electron chi connectivity index (χ3n) is 8.79. The summed E-state index contributed by atoms with van der Waals surface area (Å²) in [5, 5.41) is 5.00. The molecule has 0 aliphatic carbocycles. The number of hydrogen-bond donors (Lipinski definition) is 0. The van der Waals surface area contributed by atoms with Crippen LogP contribution < -0.4 is 9.80 Å². The van der Waals surface area contributed by atoms with E-state index in [1.807, 2.05) is 12.3 Å². The molecule has 4 nitrogen and oxygen atoms in total. The molecule has 45 heavy (non-hydrogen) atoms. The van der Waals surface area contributed by atoms with Crippen molar-refractivity contribution >= 4 is 55.2 Å². The minimum absolute atomic E-state index is 0. The Bertz CT molecular complexity index is 2240. The molecule has 1 aliphatic heterocycles. The van der Waals surface area contributed by atoms with E-state index in [-0.39, 0.29) is 20.1 Å². The molecular formula is C40H31IrN4. The van der Waals surface area contributed by atoms with Crippen molar-refractivity contribution in [3.63, 3.8) is 0 Å². The van der Waals surface area contributed by atoms with Gasteiger partial charge in [-0.1, -0.05) is 83.5 Å². The van der Waals surface area contributed by atoms with Crippen molar-refractivity contribution in [1.29, 1.82) is 0 Å². The molecule has 0 N–H and O–H groups in total. The molecule has 5 heteroatoms. The molecule has 0 bridgehead atoms. The van der Waals surface area contributed by atoms with Gasteiger partial charge in [0, 0.05) is 28.6 Å². The smallest absolute Gasteiger partial charge is 0.504 e. The molecule has 0 saturated carbocycles. The standard InChI is InChI=1S/C26H17N3.C14H14N.Ir/c1-27-16-28(25-13-7-6-12-24(25)27)17-14-20-18-8-2-4-10-22(18)29-23-11-5-3-9-19(23)21(15-17)26(20)29;1-10-4-6-13(7-5-10)14-8-11(2)12(3)9-15-14;/h2-14,16H,1H3;4-6,8-9H,1-3H3;/q-2;-1;+3. The van der Waals surface area contributed by atoms with E-state index in [0.29, 0.717) is 0 Å². The molecule has 0 fully saturated rings. The molecule has 0 radical (unpaired) electrons. The van der Waals surface area contributed by atoms with Gasteiger partial charge >= 0.3 is 20.1 Å². The first-order valence-corrected chi connectivity index (χ1v) is 15.0. The van der Waals surface area contributed by atoms with Crippen molar-refractivity contribution < 1.29 is 20.1 Å². The van der Waals surface area contributed by atoms with Gasteiger partial charge in [-0.25, -0.2) is 0 Å². The Morgan fingerprint density at radius 2 is 1.40 bits per heavy atom. The molecule has 8 aromatic rings. The predicted molar refractivity (Wildman–Crippen MR) is 184 cm³/mol. The Morgan fingerprint density at radius 3 is 2.13 bits per heavy atom. The number of pyridine rings is 1. The van der Waals surface area contributed by atoms with Gasteiger partial charge in [-0.3, -0.25) is 0 Å². The van der Waals surface area contributed by atoms with Gasteiger partial charge in [-0.2, -0.15) is 6.67 Å². The van der Waals surface area contributed by atoms with Gasteiger partial charge in [-0.05, 0) is 67.3 Å². The summed E-state index contributed by atoms with van der Waals surface area (Å²) in [5.41, 5.74) is 13.0. The van der Waals surface area contributed by atoms with E-state index >= 15 is 0 Å². The van der Waals surface area contributed by atoms with Crippen molar-refractivity contribution in [1.82, 2.24) is 9.38 Å². The third kappa shape index (κ3) is 4.75. The largest absolute Gasteiger partial charge is 3.00 e. The van der Waals surface area contributed by atoms with Gasteiger partial charge in [-0.15, -0.1) is 52.9 Å². The fraction of sp³-hybridized carbons (Fsp3) is 0.100. The van der Waals surface area contributed by atoms with Gasteiger partial charge in [0.05, 0.1) is 0 Å². The Labute approximate surface area is 277 Å². The van der Waals surface area contributed by atoms with Crippen LogP contribution in [-0.2, 0) is 20.1 Å². The van der Waals surface area contributed by atoms with Gasteiger partial charge in [0.1, 0.15) is 0 Å². The molecule has 0 saturated heterocycles. The van der Waals surface area contributed by atoms with Gasteiger partial charge in [0.25, 0.3) is 0 Å². The average molecular weight is 760 g/mol. The first kappa shape index (κ1) is 29.0. The normalized spacial score (nSPS) is 12.5. The number of benzene rings is 5. The van der Waals surface area contributed by atoms with Crippen LogP contribution in [0.4, 0.5) is 17.1 Å². The zero-order valence-electron chi connectivity index (χ0n) is 25.6. The number of aromatic nitrogens is 2. The zero-order valence-corrected chi connectivity index (χ0v) is 28.0. The first-order chi connectivity index (χ1) is 21.5. The number of anilines is 3. The van der Waals surface area contributed by atoms with E-state index in [1.54, 1.807) is 0 Å². The van der Waals surface area contributed by atoms with Gasteiger partial charge in [0.2, 0.25) is 0 Å². The molecule has 0 spiro atoms. The molecule has 5 aromatic carbocycles. The van der Waals surface area contributed by atoms with Crippen molar-refractivity contribution in [2.45, 2.75) is 20.8 Å². The van der Waals surface area contributed by atoms with Crippen LogP contribution >= 0.6 is 0 Å². The Morgan fingerprint density at radius 1 is 0.711 bits per heavy atom. The summed E-state index contributed by atoms with van der Waals surface area (Å²) in [6.07, 6.45) is 1.92. The van der Waals surface area contributed by atoms with E-state index in [1.165, 1.54) is 66.2 Å². The minimum atomic E-state index is 0. The summed E-state index contributed by atoms with van der Waals surface area (Å²) >= 11 is 0. The minimum Gasteiger partial charge on any atom is -0.504 e. The van der Waals surface area contributed by atoms with Crippen molar-refractivity contribution in [3.8, 4) is 11.3 Å². The topological polar surface area (TPSA) is 23.8 Å². The molecule has 0 amide bonds. The molecule has 220 valence electrons. The number of rotatable bonds is 2. The molecule has 1 aliphatic rings. The second kappa shape index (κ2) is 11.3. The van der Waals surface area contributed by atoms with E-state index in [9.17, 15) is 0 Å². The predicted octanol–water partition coefficient (Wildman–Crippen LogP) is 9.82. The molecule has 0 unspecified atom stereocenters. The zero-order chi connectivity index (χ0) is 29.9. The summed E-state index contributed by atoms with van der Waals surface area (Å²) < 4.78 is 2.39. The van der Waals surface area contributed by atoms with Crippen LogP contribution in [0.15, 0.2) is 109 Å². The summed E-state index contributed by atoms with van der Waals surface area (Å²) in [5.74, 6) is 0. The van der Waals surface area contributed by atoms with Crippen molar-refractivity contribution in [2.75, 3.05) is 16.8 Å². The van der Waals surface area contributed by atoms with Crippen LogP contribution in [0.2, 0.25) is 0 Å². The Balaban J connectivity index is 0.000000173. The summed E-state index contributed by atoms with van der Waals surface area (Å²) in [7, 11) is 2.09. The summed E-state index contributed by atoms with van der Waals surface area (Å²) in [6, 6.07) is 43.4. The maximum Gasteiger partial charge on any atom is 3.00 e. The summed E-state index contributed by atoms with van der Waals surface area (Å²) in [6.45, 7) is 8.39. The fourth-order valence-corrected chi connectivity index (χ4v) is 6.36. The maximum absolute atomic E-state index is 4.41. The van der Waals surface area contributed by atoms with Crippen LogP contribution in [0.5, 0.6) is 0 Å². The van der Waals surface area contributed by atoms with E-state index in [4.69, 9.17) is 0 Å². The molecule has 3 aromatic heterocycles. The number of nitrogens with zero attached hydrogens (tertiary/aromatic N) is 4. The first-order valence-electron chi connectivity index (χ1n) is 15.0. The number of hydrogen-bond acceptors (Lipinski definition) is 3. The van der Waals surface area contributed by atoms with Crippen molar-refractivity contribution in [3.05, 3.63) is 145 Å². The SMILES string of the molecule is CN1[CH-]N(c2[c-]c3c4ccccc4n4c5ccccc5c(c2)c34)c2ccccc21.Cc1c[c-]c(-c2cc(C)c(C)cn2)cc1.[Ir+3]. The number of para-hydroxylation sites is 4. The second-order valence-electron chi connectivity index (χ2n) is 11.7. The molecule has 0 atom stereocenters. The Hall–Kier alpha value is -4.70. The van der Waals surface area contributed by atoms with Crippen LogP contribution in [0.1, 0.15) is 16.7 Å².